The number of rotatable bonds is 5. The minimum absolute atomic E-state index is 0.195. The molecule has 0 aliphatic carbocycles. The Labute approximate surface area is 158 Å². The van der Waals surface area contributed by atoms with Gasteiger partial charge in [-0.25, -0.2) is 9.37 Å². The lowest BCUT2D eigenvalue weighted by Crippen LogP contribution is -2.49. The molecule has 0 amide bonds. The molecule has 1 fully saturated rings. The summed E-state index contributed by atoms with van der Waals surface area (Å²) in [5.41, 5.74) is 0. The zero-order valence-electron chi connectivity index (χ0n) is 15.3. The highest BCUT2D eigenvalue weighted by Crippen LogP contribution is 2.27. The zero-order chi connectivity index (χ0) is 18.4. The van der Waals surface area contributed by atoms with Crippen LogP contribution in [0.3, 0.4) is 0 Å². The largest absolute Gasteiger partial charge is 0.355 e. The van der Waals surface area contributed by atoms with E-state index in [4.69, 9.17) is 0 Å². The van der Waals surface area contributed by atoms with Crippen molar-refractivity contribution in [3.05, 3.63) is 48.8 Å². The molecule has 1 aliphatic rings. The Balaban J connectivity index is 1.49. The summed E-state index contributed by atoms with van der Waals surface area (Å²) in [5.74, 6) is 2.27. The van der Waals surface area contributed by atoms with Gasteiger partial charge in [0.1, 0.15) is 5.82 Å². The Hall–Kier alpha value is -2.02. The second-order valence-electron chi connectivity index (χ2n) is 6.57. The predicted molar refractivity (Wildman–Crippen MR) is 105 cm³/mol. The van der Waals surface area contributed by atoms with E-state index in [-0.39, 0.29) is 5.82 Å². The van der Waals surface area contributed by atoms with Crippen LogP contribution in [0.5, 0.6) is 0 Å². The number of benzene rings is 1. The molecule has 0 radical (unpaired) electrons. The average molecular weight is 376 g/mol. The summed E-state index contributed by atoms with van der Waals surface area (Å²) >= 11 is 1.71. The van der Waals surface area contributed by atoms with Crippen molar-refractivity contribution in [1.29, 1.82) is 0 Å². The molecule has 1 N–H and O–H groups in total. The first kappa shape index (κ1) is 18.8. The number of guanidine groups is 1. The van der Waals surface area contributed by atoms with Crippen LogP contribution in [0.25, 0.3) is 0 Å². The number of halogens is 1. The number of nitrogens with zero attached hydrogens (tertiary/aromatic N) is 4. The predicted octanol–water partition coefficient (Wildman–Crippen LogP) is 3.27. The maximum absolute atomic E-state index is 12.9. The zero-order valence-corrected chi connectivity index (χ0v) is 16.1. The lowest BCUT2D eigenvalue weighted by molar-refractivity contribution is 0.189. The number of nitrogens with one attached hydrogen (secondary N) is 1. The van der Waals surface area contributed by atoms with Gasteiger partial charge in [-0.05, 0) is 36.6 Å². The normalized spacial score (nSPS) is 21.0. The molecule has 2 atom stereocenters. The summed E-state index contributed by atoms with van der Waals surface area (Å²) in [6.07, 6.45) is 6.92. The first-order valence-corrected chi connectivity index (χ1v) is 9.97. The molecule has 2 unspecified atom stereocenters. The molecule has 140 valence electrons. The number of piperidine rings is 1. The van der Waals surface area contributed by atoms with Crippen LogP contribution in [0.2, 0.25) is 0 Å². The number of hydrogen-bond acceptors (Lipinski definition) is 3. The van der Waals surface area contributed by atoms with Gasteiger partial charge in [-0.3, -0.25) is 4.99 Å². The SMILES string of the molecule is CN=C(NCCSc1ccc(F)cc1)N1CCC(C)C(n2ccnc2)C1. The smallest absolute Gasteiger partial charge is 0.193 e. The van der Waals surface area contributed by atoms with Crippen LogP contribution in [-0.2, 0) is 0 Å². The molecular weight excluding hydrogens is 349 g/mol. The molecule has 5 nitrogen and oxygen atoms in total. The van der Waals surface area contributed by atoms with Crippen molar-refractivity contribution >= 4 is 17.7 Å². The van der Waals surface area contributed by atoms with E-state index in [1.54, 1.807) is 11.8 Å². The van der Waals surface area contributed by atoms with Crippen molar-refractivity contribution in [2.45, 2.75) is 24.3 Å². The molecule has 26 heavy (non-hydrogen) atoms. The van der Waals surface area contributed by atoms with Gasteiger partial charge >= 0.3 is 0 Å². The third-order valence-corrected chi connectivity index (χ3v) is 5.82. The molecule has 3 rings (SSSR count). The van der Waals surface area contributed by atoms with E-state index in [1.807, 2.05) is 37.9 Å². The van der Waals surface area contributed by atoms with Gasteiger partial charge in [-0.1, -0.05) is 6.92 Å². The van der Waals surface area contributed by atoms with E-state index in [1.165, 1.54) is 12.1 Å². The molecule has 2 aromatic rings. The quantitative estimate of drug-likeness (QED) is 0.377. The van der Waals surface area contributed by atoms with E-state index in [2.05, 4.69) is 31.7 Å². The van der Waals surface area contributed by atoms with Crippen molar-refractivity contribution < 1.29 is 4.39 Å². The molecule has 0 spiro atoms. The average Bonchev–Trinajstić information content (AvgIpc) is 3.18. The summed E-state index contributed by atoms with van der Waals surface area (Å²) in [4.78, 5) is 12.1. The highest BCUT2D eigenvalue weighted by molar-refractivity contribution is 7.99. The Morgan fingerprint density at radius 1 is 1.38 bits per heavy atom. The van der Waals surface area contributed by atoms with Crippen LogP contribution in [0.15, 0.2) is 52.9 Å². The number of hydrogen-bond donors (Lipinski definition) is 1. The minimum atomic E-state index is -0.195. The molecule has 2 heterocycles. The standard InChI is InChI=1S/C19H26FN5S/c1-15-7-10-24(13-18(15)25-11-8-22-14-25)19(21-2)23-9-12-26-17-5-3-16(20)4-6-17/h3-6,8,11,14-15,18H,7,9-10,12-13H2,1-2H3,(H,21,23). The number of thioether (sulfide) groups is 1. The maximum atomic E-state index is 12.9. The van der Waals surface area contributed by atoms with Crippen LogP contribution in [0, 0.1) is 11.7 Å². The van der Waals surface area contributed by atoms with E-state index in [0.29, 0.717) is 12.0 Å². The van der Waals surface area contributed by atoms with E-state index in [0.717, 1.165) is 42.7 Å². The Bertz CT molecular complexity index is 701. The lowest BCUT2D eigenvalue weighted by atomic mass is 9.93. The molecule has 7 heteroatoms. The number of aliphatic imine (C=N–C) groups is 1. The highest BCUT2D eigenvalue weighted by Gasteiger charge is 2.28. The maximum Gasteiger partial charge on any atom is 0.193 e. The second kappa shape index (κ2) is 9.07. The summed E-state index contributed by atoms with van der Waals surface area (Å²) in [6, 6.07) is 7.05. The van der Waals surface area contributed by atoms with E-state index >= 15 is 0 Å². The fourth-order valence-electron chi connectivity index (χ4n) is 3.29. The van der Waals surface area contributed by atoms with Crippen LogP contribution in [0.4, 0.5) is 4.39 Å². The number of likely N-dealkylation sites (tertiary alicyclic amines) is 1. The molecule has 1 aliphatic heterocycles. The van der Waals surface area contributed by atoms with Gasteiger partial charge in [0.05, 0.1) is 12.4 Å². The van der Waals surface area contributed by atoms with Crippen LogP contribution < -0.4 is 5.32 Å². The third-order valence-electron chi connectivity index (χ3n) is 4.81. The van der Waals surface area contributed by atoms with E-state index < -0.39 is 0 Å². The summed E-state index contributed by atoms with van der Waals surface area (Å²) in [6.45, 7) is 5.06. The van der Waals surface area contributed by atoms with Gasteiger partial charge in [-0.15, -0.1) is 11.8 Å². The second-order valence-corrected chi connectivity index (χ2v) is 7.73. The van der Waals surface area contributed by atoms with Gasteiger partial charge in [-0.2, -0.15) is 0 Å². The Morgan fingerprint density at radius 3 is 2.88 bits per heavy atom. The van der Waals surface area contributed by atoms with Gasteiger partial charge in [0.15, 0.2) is 5.96 Å². The van der Waals surface area contributed by atoms with Crippen molar-refractivity contribution in [1.82, 2.24) is 19.8 Å². The van der Waals surface area contributed by atoms with Crippen molar-refractivity contribution in [3.8, 4) is 0 Å². The van der Waals surface area contributed by atoms with Gasteiger partial charge in [0.25, 0.3) is 0 Å². The van der Waals surface area contributed by atoms with Gasteiger partial charge < -0.3 is 14.8 Å². The monoisotopic (exact) mass is 375 g/mol. The fraction of sp³-hybridized carbons (Fsp3) is 0.474. The van der Waals surface area contributed by atoms with Crippen LogP contribution in [-0.4, -0.2) is 52.8 Å². The minimum Gasteiger partial charge on any atom is -0.355 e. The lowest BCUT2D eigenvalue weighted by Gasteiger charge is -2.39. The van der Waals surface area contributed by atoms with Crippen molar-refractivity contribution in [2.24, 2.45) is 10.9 Å². The summed E-state index contributed by atoms with van der Waals surface area (Å²) in [5, 5.41) is 3.46. The number of aromatic nitrogens is 2. The fourth-order valence-corrected chi connectivity index (χ4v) is 4.06. The molecule has 1 aromatic carbocycles. The van der Waals surface area contributed by atoms with Crippen molar-refractivity contribution in [3.63, 3.8) is 0 Å². The molecule has 1 aromatic heterocycles. The Kier molecular flexibility index (Phi) is 6.55. The van der Waals surface area contributed by atoms with Crippen LogP contribution >= 0.6 is 11.8 Å². The molecular formula is C19H26FN5S. The topological polar surface area (TPSA) is 45.5 Å². The van der Waals surface area contributed by atoms with E-state index in [9.17, 15) is 4.39 Å². The molecule has 0 saturated carbocycles. The van der Waals surface area contributed by atoms with Gasteiger partial charge in [0, 0.05) is 49.7 Å². The summed E-state index contributed by atoms with van der Waals surface area (Å²) in [7, 11) is 1.83. The van der Waals surface area contributed by atoms with Crippen LogP contribution in [0.1, 0.15) is 19.4 Å². The van der Waals surface area contributed by atoms with Gasteiger partial charge in [0.2, 0.25) is 0 Å². The Morgan fingerprint density at radius 2 is 2.19 bits per heavy atom. The summed E-state index contributed by atoms with van der Waals surface area (Å²) < 4.78 is 15.1. The highest BCUT2D eigenvalue weighted by atomic mass is 32.2. The van der Waals surface area contributed by atoms with Crippen molar-refractivity contribution in [2.75, 3.05) is 32.4 Å². The third kappa shape index (κ3) is 4.78. The first-order valence-electron chi connectivity index (χ1n) is 8.99. The molecule has 0 bridgehead atoms. The number of imidazole rings is 1. The molecule has 1 saturated heterocycles. The first-order chi connectivity index (χ1) is 12.7.